The van der Waals surface area contributed by atoms with Crippen LogP contribution in [-0.4, -0.2) is 9.55 Å². The summed E-state index contributed by atoms with van der Waals surface area (Å²) in [7, 11) is 2.14. The predicted octanol–water partition coefficient (Wildman–Crippen LogP) is 5.04. The smallest absolute Gasteiger partial charge is 0.244 e. The quantitative estimate of drug-likeness (QED) is 0.406. The van der Waals surface area contributed by atoms with Crippen molar-refractivity contribution in [3.63, 3.8) is 0 Å². The van der Waals surface area contributed by atoms with Gasteiger partial charge < -0.3 is 0 Å². The van der Waals surface area contributed by atoms with Gasteiger partial charge in [-0.25, -0.2) is 9.55 Å². The highest BCUT2D eigenvalue weighted by Crippen LogP contribution is 2.34. The Morgan fingerprint density at radius 2 is 1.69 bits per heavy atom. The highest BCUT2D eigenvalue weighted by Gasteiger charge is 2.28. The largest absolute Gasteiger partial charge is 0.297 e. The third kappa shape index (κ3) is 2.12. The van der Waals surface area contributed by atoms with E-state index < -0.39 is 0 Å². The van der Waals surface area contributed by atoms with E-state index in [1.807, 2.05) is 5.51 Å². The van der Waals surface area contributed by atoms with E-state index in [0.29, 0.717) is 0 Å². The van der Waals surface area contributed by atoms with Crippen LogP contribution in [-0.2, 0) is 7.05 Å². The van der Waals surface area contributed by atoms with E-state index in [1.165, 1.54) is 26.9 Å². The molecule has 5 rings (SSSR count). The van der Waals surface area contributed by atoms with Crippen LogP contribution >= 0.6 is 11.3 Å². The minimum Gasteiger partial charge on any atom is -0.244 e. The lowest BCUT2D eigenvalue weighted by Gasteiger charge is -2.07. The van der Waals surface area contributed by atoms with Gasteiger partial charge in [0, 0.05) is 0 Å². The summed E-state index contributed by atoms with van der Waals surface area (Å²) in [6, 6.07) is 23.5. The molecular weight excluding hydrogens is 338 g/mol. The summed E-state index contributed by atoms with van der Waals surface area (Å²) in [4.78, 5) is 4.69. The van der Waals surface area contributed by atoms with Gasteiger partial charge in [0.05, 0.1) is 28.3 Å². The molecule has 0 unspecified atom stereocenters. The Balaban J connectivity index is 1.99. The maximum absolute atomic E-state index is 4.69. The minimum atomic E-state index is 1.07. The molecule has 0 radical (unpaired) electrons. The van der Waals surface area contributed by atoms with Gasteiger partial charge in [-0.05, 0) is 42.8 Å². The number of aryl methyl sites for hydroxylation is 2. The zero-order valence-electron chi connectivity index (χ0n) is 14.7. The molecule has 0 aliphatic carbocycles. The number of para-hydroxylation sites is 3. The van der Waals surface area contributed by atoms with Crippen molar-refractivity contribution in [1.29, 1.82) is 0 Å². The molecule has 0 atom stereocenters. The Labute approximate surface area is 155 Å². The lowest BCUT2D eigenvalue weighted by molar-refractivity contribution is -0.633. The van der Waals surface area contributed by atoms with Crippen LogP contribution in [0.25, 0.3) is 38.3 Å². The monoisotopic (exact) mass is 356 g/mol. The molecule has 0 aliphatic heterocycles. The lowest BCUT2D eigenvalue weighted by Crippen LogP contribution is -2.30. The van der Waals surface area contributed by atoms with Gasteiger partial charge in [-0.15, -0.1) is 11.3 Å². The Bertz CT molecular complexity index is 1250. The van der Waals surface area contributed by atoms with E-state index in [1.54, 1.807) is 11.3 Å². The van der Waals surface area contributed by atoms with Gasteiger partial charge >= 0.3 is 0 Å². The van der Waals surface area contributed by atoms with Crippen molar-refractivity contribution in [3.8, 4) is 17.1 Å². The molecule has 3 nitrogen and oxygen atoms in total. The fourth-order valence-electron chi connectivity index (χ4n) is 3.75. The summed E-state index contributed by atoms with van der Waals surface area (Å²) in [5.41, 5.74) is 9.01. The zero-order valence-corrected chi connectivity index (χ0v) is 15.5. The molecule has 26 heavy (non-hydrogen) atoms. The molecule has 0 saturated heterocycles. The molecule has 2 aromatic heterocycles. The van der Waals surface area contributed by atoms with Crippen LogP contribution in [0.15, 0.2) is 72.2 Å². The van der Waals surface area contributed by atoms with Crippen molar-refractivity contribution >= 4 is 32.6 Å². The number of nitrogens with zero attached hydrogens (tertiary/aromatic N) is 3. The van der Waals surface area contributed by atoms with Crippen molar-refractivity contribution in [2.45, 2.75) is 6.92 Å². The average Bonchev–Trinajstić information content (AvgIpc) is 3.26. The van der Waals surface area contributed by atoms with E-state index in [9.17, 15) is 0 Å². The molecule has 0 N–H and O–H groups in total. The first-order valence-corrected chi connectivity index (χ1v) is 9.52. The lowest BCUT2D eigenvalue weighted by atomic mass is 10.1. The standard InChI is InChI=1S/C22H18N3S/c1-15-12-13-19-21(23-14-26-19)20(15)22-24(2)17-10-6-7-11-18(17)25(22)16-8-4-3-5-9-16/h3-14H,1-2H3/q+1. The van der Waals surface area contributed by atoms with Crippen LogP contribution in [0.3, 0.4) is 0 Å². The van der Waals surface area contributed by atoms with Crippen LogP contribution in [0.4, 0.5) is 0 Å². The SMILES string of the molecule is Cc1ccc2scnc2c1-c1n(-c2ccccc2)c2ccccc2[n+]1C. The highest BCUT2D eigenvalue weighted by atomic mass is 32.1. The summed E-state index contributed by atoms with van der Waals surface area (Å²) >= 11 is 1.69. The highest BCUT2D eigenvalue weighted by molar-refractivity contribution is 7.16. The Hall–Kier alpha value is -2.98. The third-order valence-electron chi connectivity index (χ3n) is 4.96. The Morgan fingerprint density at radius 3 is 2.54 bits per heavy atom. The van der Waals surface area contributed by atoms with Crippen molar-refractivity contribution < 1.29 is 4.57 Å². The first-order chi connectivity index (χ1) is 12.8. The average molecular weight is 356 g/mol. The summed E-state index contributed by atoms with van der Waals surface area (Å²) in [6.45, 7) is 2.17. The van der Waals surface area contributed by atoms with Gasteiger partial charge in [0.15, 0.2) is 11.0 Å². The topological polar surface area (TPSA) is 21.7 Å². The van der Waals surface area contributed by atoms with Crippen molar-refractivity contribution in [2.24, 2.45) is 7.05 Å². The summed E-state index contributed by atoms with van der Waals surface area (Å²) in [5, 5.41) is 0. The number of rotatable bonds is 2. The number of imidazole rings is 1. The first-order valence-electron chi connectivity index (χ1n) is 8.64. The molecule has 2 heterocycles. The molecule has 126 valence electrons. The number of fused-ring (bicyclic) bond motifs is 2. The second kappa shape index (κ2) is 5.78. The molecule has 0 saturated carbocycles. The molecule has 3 aromatic carbocycles. The summed E-state index contributed by atoms with van der Waals surface area (Å²) in [5.74, 6) is 1.16. The Morgan fingerprint density at radius 1 is 0.923 bits per heavy atom. The molecule has 0 fully saturated rings. The van der Waals surface area contributed by atoms with Gasteiger partial charge in [0.25, 0.3) is 5.82 Å². The molecule has 0 aliphatic rings. The molecule has 0 amide bonds. The number of hydrogen-bond donors (Lipinski definition) is 0. The van der Waals surface area contributed by atoms with Gasteiger partial charge in [0.1, 0.15) is 5.69 Å². The van der Waals surface area contributed by atoms with E-state index in [4.69, 9.17) is 4.98 Å². The van der Waals surface area contributed by atoms with Crippen LogP contribution in [0.1, 0.15) is 5.56 Å². The van der Waals surface area contributed by atoms with E-state index in [0.717, 1.165) is 17.0 Å². The molecule has 4 heteroatoms. The van der Waals surface area contributed by atoms with E-state index in [2.05, 4.69) is 89.8 Å². The van der Waals surface area contributed by atoms with Gasteiger partial charge in [0.2, 0.25) is 0 Å². The van der Waals surface area contributed by atoms with Crippen molar-refractivity contribution in [3.05, 3.63) is 77.8 Å². The normalized spacial score (nSPS) is 11.5. The number of thiazole rings is 1. The van der Waals surface area contributed by atoms with Crippen LogP contribution in [0, 0.1) is 6.92 Å². The summed E-state index contributed by atoms with van der Waals surface area (Å²) in [6.07, 6.45) is 0. The fraction of sp³-hybridized carbons (Fsp3) is 0.0909. The molecule has 0 bridgehead atoms. The van der Waals surface area contributed by atoms with Crippen LogP contribution in [0.5, 0.6) is 0 Å². The van der Waals surface area contributed by atoms with Crippen molar-refractivity contribution in [1.82, 2.24) is 9.55 Å². The minimum absolute atomic E-state index is 1.07. The van der Waals surface area contributed by atoms with Crippen LogP contribution < -0.4 is 4.57 Å². The third-order valence-corrected chi connectivity index (χ3v) is 5.76. The predicted molar refractivity (Wildman–Crippen MR) is 108 cm³/mol. The Kier molecular flexibility index (Phi) is 3.40. The van der Waals surface area contributed by atoms with Gasteiger partial charge in [-0.3, -0.25) is 0 Å². The molecule has 5 aromatic rings. The van der Waals surface area contributed by atoms with E-state index >= 15 is 0 Å². The maximum Gasteiger partial charge on any atom is 0.297 e. The molecule has 0 spiro atoms. The first kappa shape index (κ1) is 15.3. The zero-order chi connectivity index (χ0) is 17.7. The number of aromatic nitrogens is 3. The van der Waals surface area contributed by atoms with Crippen molar-refractivity contribution in [2.75, 3.05) is 0 Å². The number of benzene rings is 3. The maximum atomic E-state index is 4.69. The van der Waals surface area contributed by atoms with Crippen LogP contribution in [0.2, 0.25) is 0 Å². The van der Waals surface area contributed by atoms with E-state index in [-0.39, 0.29) is 0 Å². The van der Waals surface area contributed by atoms with Gasteiger partial charge in [-0.1, -0.05) is 36.4 Å². The molecular formula is C22H18N3S+. The summed E-state index contributed by atoms with van der Waals surface area (Å²) < 4.78 is 5.84. The second-order valence-electron chi connectivity index (χ2n) is 6.50. The van der Waals surface area contributed by atoms with Gasteiger partial charge in [-0.2, -0.15) is 4.57 Å². The number of hydrogen-bond acceptors (Lipinski definition) is 2. The second-order valence-corrected chi connectivity index (χ2v) is 7.39. The fourth-order valence-corrected chi connectivity index (χ4v) is 4.43.